The van der Waals surface area contributed by atoms with Crippen molar-refractivity contribution >= 4 is 32.6 Å². The van der Waals surface area contributed by atoms with Crippen LogP contribution in [0.25, 0.3) is 10.2 Å². The van der Waals surface area contributed by atoms with E-state index in [9.17, 15) is 18.0 Å². The third-order valence-corrected chi connectivity index (χ3v) is 4.86. The number of benzene rings is 1. The summed E-state index contributed by atoms with van der Waals surface area (Å²) in [5.74, 6) is 0.222. The molecule has 0 atom stereocenters. The zero-order valence-electron chi connectivity index (χ0n) is 11.7. The Bertz CT molecular complexity index is 690. The van der Waals surface area contributed by atoms with Gasteiger partial charge >= 0.3 is 6.18 Å². The summed E-state index contributed by atoms with van der Waals surface area (Å²) in [5, 5.41) is 2.87. The van der Waals surface area contributed by atoms with Gasteiger partial charge in [-0.15, -0.1) is 0 Å². The van der Waals surface area contributed by atoms with Crippen molar-refractivity contribution in [1.29, 1.82) is 0 Å². The molecule has 1 aliphatic carbocycles. The third-order valence-electron chi connectivity index (χ3n) is 3.92. The number of alkyl halides is 3. The first-order valence-electron chi connectivity index (χ1n) is 7.20. The molecule has 1 N–H and O–H groups in total. The molecule has 0 spiro atoms. The Morgan fingerprint density at radius 1 is 1.32 bits per heavy atom. The smallest absolute Gasteiger partial charge is 0.302 e. The SMILES string of the molecule is O=C(CC1CCCC1)Nc1nc2c(C(F)(F)F)cccc2s1. The van der Waals surface area contributed by atoms with Crippen LogP contribution in [-0.4, -0.2) is 10.9 Å². The van der Waals surface area contributed by atoms with Gasteiger partial charge in [0.1, 0.15) is 0 Å². The second-order valence-electron chi connectivity index (χ2n) is 5.57. The molecule has 1 saturated carbocycles. The van der Waals surface area contributed by atoms with Gasteiger partial charge in [-0.1, -0.05) is 30.2 Å². The van der Waals surface area contributed by atoms with Gasteiger partial charge in [-0.25, -0.2) is 4.98 Å². The number of rotatable bonds is 3. The molecule has 3 rings (SSSR count). The predicted octanol–water partition coefficient (Wildman–Crippen LogP) is 4.83. The minimum absolute atomic E-state index is 0.101. The number of nitrogens with one attached hydrogen (secondary N) is 1. The molecule has 118 valence electrons. The number of nitrogens with zero attached hydrogens (tertiary/aromatic N) is 1. The molecule has 1 fully saturated rings. The van der Waals surface area contributed by atoms with Gasteiger partial charge in [0.2, 0.25) is 5.91 Å². The van der Waals surface area contributed by atoms with Gasteiger partial charge < -0.3 is 5.32 Å². The summed E-state index contributed by atoms with van der Waals surface area (Å²) in [5.41, 5.74) is -0.867. The highest BCUT2D eigenvalue weighted by atomic mass is 32.1. The second-order valence-corrected chi connectivity index (χ2v) is 6.60. The summed E-state index contributed by atoms with van der Waals surface area (Å²) in [7, 11) is 0. The molecule has 1 aliphatic rings. The minimum Gasteiger partial charge on any atom is -0.302 e. The van der Waals surface area contributed by atoms with Gasteiger partial charge in [-0.3, -0.25) is 4.79 Å². The van der Waals surface area contributed by atoms with Crippen molar-refractivity contribution in [3.63, 3.8) is 0 Å². The van der Waals surface area contributed by atoms with Crippen molar-refractivity contribution in [2.45, 2.75) is 38.3 Å². The van der Waals surface area contributed by atoms with Gasteiger partial charge in [0.25, 0.3) is 0 Å². The van der Waals surface area contributed by atoms with E-state index in [-0.39, 0.29) is 16.6 Å². The molecule has 0 bridgehead atoms. The average Bonchev–Trinajstić information content (AvgIpc) is 3.05. The van der Waals surface area contributed by atoms with Crippen LogP contribution in [0.15, 0.2) is 18.2 Å². The van der Waals surface area contributed by atoms with Crippen LogP contribution in [0.3, 0.4) is 0 Å². The highest BCUT2D eigenvalue weighted by molar-refractivity contribution is 7.22. The maximum atomic E-state index is 12.9. The quantitative estimate of drug-likeness (QED) is 0.876. The number of thiazole rings is 1. The molecule has 1 aromatic heterocycles. The number of hydrogen-bond donors (Lipinski definition) is 1. The Morgan fingerprint density at radius 2 is 2.05 bits per heavy atom. The maximum Gasteiger partial charge on any atom is 0.418 e. The predicted molar refractivity (Wildman–Crippen MR) is 79.8 cm³/mol. The van der Waals surface area contributed by atoms with Gasteiger partial charge in [0.05, 0.1) is 15.8 Å². The second kappa shape index (κ2) is 5.87. The van der Waals surface area contributed by atoms with Crippen LogP contribution in [0.2, 0.25) is 0 Å². The van der Waals surface area contributed by atoms with Crippen LogP contribution in [-0.2, 0) is 11.0 Å². The number of hydrogen-bond acceptors (Lipinski definition) is 3. The normalized spacial score (nSPS) is 16.3. The zero-order valence-corrected chi connectivity index (χ0v) is 12.6. The van der Waals surface area contributed by atoms with E-state index in [1.807, 2.05) is 0 Å². The molecular weight excluding hydrogens is 313 g/mol. The standard InChI is InChI=1S/C15H15F3N2OS/c16-15(17,18)10-6-3-7-11-13(10)20-14(22-11)19-12(21)8-9-4-1-2-5-9/h3,6-7,9H,1-2,4-5,8H2,(H,19,20,21). The minimum atomic E-state index is -4.45. The largest absolute Gasteiger partial charge is 0.418 e. The van der Waals surface area contributed by atoms with Crippen molar-refractivity contribution in [3.05, 3.63) is 23.8 Å². The summed E-state index contributed by atoms with van der Waals surface area (Å²) >= 11 is 1.07. The monoisotopic (exact) mass is 328 g/mol. The average molecular weight is 328 g/mol. The molecule has 1 amide bonds. The Labute approximate surface area is 129 Å². The van der Waals surface area contributed by atoms with Crippen LogP contribution in [0.4, 0.5) is 18.3 Å². The summed E-state index contributed by atoms with van der Waals surface area (Å²) < 4.78 is 39.2. The van der Waals surface area contributed by atoms with E-state index >= 15 is 0 Å². The zero-order chi connectivity index (χ0) is 15.7. The van der Waals surface area contributed by atoms with Crippen molar-refractivity contribution in [2.75, 3.05) is 5.32 Å². The lowest BCUT2D eigenvalue weighted by atomic mass is 10.0. The maximum absolute atomic E-state index is 12.9. The highest BCUT2D eigenvalue weighted by Gasteiger charge is 2.33. The Morgan fingerprint density at radius 3 is 2.73 bits per heavy atom. The number of fused-ring (bicyclic) bond motifs is 1. The van der Waals surface area contributed by atoms with E-state index in [2.05, 4.69) is 10.3 Å². The van der Waals surface area contributed by atoms with Crippen LogP contribution in [0.5, 0.6) is 0 Å². The molecule has 1 heterocycles. The molecule has 1 aromatic carbocycles. The molecule has 0 aliphatic heterocycles. The van der Waals surface area contributed by atoms with Gasteiger partial charge in [-0.2, -0.15) is 13.2 Å². The molecule has 0 saturated heterocycles. The summed E-state index contributed by atoms with van der Waals surface area (Å²) in [4.78, 5) is 15.9. The number of amides is 1. The van der Waals surface area contributed by atoms with E-state index in [0.29, 0.717) is 17.0 Å². The molecule has 2 aromatic rings. The van der Waals surface area contributed by atoms with Crippen molar-refractivity contribution in [3.8, 4) is 0 Å². The first-order chi connectivity index (χ1) is 10.4. The molecular formula is C15H15F3N2OS. The van der Waals surface area contributed by atoms with Crippen molar-refractivity contribution in [1.82, 2.24) is 4.98 Å². The molecule has 7 heteroatoms. The molecule has 0 radical (unpaired) electrons. The van der Waals surface area contributed by atoms with Crippen LogP contribution >= 0.6 is 11.3 Å². The number of carbonyl (C=O) groups is 1. The van der Waals surface area contributed by atoms with Gasteiger partial charge in [-0.05, 0) is 30.9 Å². The van der Waals surface area contributed by atoms with Crippen LogP contribution in [0.1, 0.15) is 37.7 Å². The van der Waals surface area contributed by atoms with E-state index in [1.54, 1.807) is 6.07 Å². The fourth-order valence-corrected chi connectivity index (χ4v) is 3.79. The molecule has 3 nitrogen and oxygen atoms in total. The van der Waals surface area contributed by atoms with E-state index < -0.39 is 11.7 Å². The van der Waals surface area contributed by atoms with Crippen molar-refractivity contribution in [2.24, 2.45) is 5.92 Å². The number of carbonyl (C=O) groups excluding carboxylic acids is 1. The third kappa shape index (κ3) is 3.24. The number of para-hydroxylation sites is 1. The first kappa shape index (κ1) is 15.3. The van der Waals surface area contributed by atoms with Gasteiger partial charge in [0.15, 0.2) is 5.13 Å². The summed E-state index contributed by atoms with van der Waals surface area (Å²) in [6.07, 6.45) is 0.361. The number of anilines is 1. The van der Waals surface area contributed by atoms with Crippen LogP contribution in [0, 0.1) is 5.92 Å². The lowest BCUT2D eigenvalue weighted by Crippen LogP contribution is -2.15. The number of halogens is 3. The lowest BCUT2D eigenvalue weighted by molar-refractivity contribution is -0.136. The lowest BCUT2D eigenvalue weighted by Gasteiger charge is -2.07. The highest BCUT2D eigenvalue weighted by Crippen LogP contribution is 2.37. The van der Waals surface area contributed by atoms with Crippen LogP contribution < -0.4 is 5.32 Å². The Kier molecular flexibility index (Phi) is 4.08. The summed E-state index contributed by atoms with van der Waals surface area (Å²) in [6, 6.07) is 3.94. The van der Waals surface area contributed by atoms with Crippen molar-refractivity contribution < 1.29 is 18.0 Å². The topological polar surface area (TPSA) is 42.0 Å². The fraction of sp³-hybridized carbons (Fsp3) is 0.467. The number of aromatic nitrogens is 1. The molecule has 22 heavy (non-hydrogen) atoms. The fourth-order valence-electron chi connectivity index (χ4n) is 2.88. The van der Waals surface area contributed by atoms with E-state index in [4.69, 9.17) is 0 Å². The Balaban J connectivity index is 1.78. The first-order valence-corrected chi connectivity index (χ1v) is 8.02. The Hall–Kier alpha value is -1.63. The molecule has 0 unspecified atom stereocenters. The van der Waals surface area contributed by atoms with Gasteiger partial charge in [0, 0.05) is 6.42 Å². The summed E-state index contributed by atoms with van der Waals surface area (Å²) in [6.45, 7) is 0. The van der Waals surface area contributed by atoms with E-state index in [0.717, 1.165) is 43.1 Å². The van der Waals surface area contributed by atoms with E-state index in [1.165, 1.54) is 6.07 Å².